The van der Waals surface area contributed by atoms with Crippen LogP contribution in [0.5, 0.6) is 11.5 Å². The molecule has 1 aliphatic heterocycles. The van der Waals surface area contributed by atoms with Crippen molar-refractivity contribution in [2.24, 2.45) is 0 Å². The molecule has 1 aliphatic rings. The lowest BCUT2D eigenvalue weighted by atomic mass is 10.1. The van der Waals surface area contributed by atoms with E-state index >= 15 is 0 Å². The number of amides is 4. The number of nitrogens with one attached hydrogen (secondary N) is 2. The summed E-state index contributed by atoms with van der Waals surface area (Å²) in [5.74, 6) is -1.50. The number of carbonyl (C=O) groups is 3. The number of barbiturate groups is 1. The van der Waals surface area contributed by atoms with Crippen LogP contribution < -0.4 is 15.4 Å². The highest BCUT2D eigenvalue weighted by molar-refractivity contribution is 9.10. The average molecular weight is 341 g/mol. The summed E-state index contributed by atoms with van der Waals surface area (Å²) in [5.41, 5.74) is 0.227. The summed E-state index contributed by atoms with van der Waals surface area (Å²) in [6, 6.07) is 2.09. The minimum absolute atomic E-state index is 0.0950. The lowest BCUT2D eigenvalue weighted by molar-refractivity contribution is -0.123. The van der Waals surface area contributed by atoms with Crippen molar-refractivity contribution < 1.29 is 24.2 Å². The first-order chi connectivity index (χ1) is 9.42. The number of ether oxygens (including phenoxy) is 1. The number of methoxy groups -OCH3 is 1. The van der Waals surface area contributed by atoms with Crippen molar-refractivity contribution in [1.82, 2.24) is 10.6 Å². The maximum absolute atomic E-state index is 11.6. The zero-order valence-corrected chi connectivity index (χ0v) is 11.8. The summed E-state index contributed by atoms with van der Waals surface area (Å²) in [4.78, 5) is 34.1. The highest BCUT2D eigenvalue weighted by Crippen LogP contribution is 2.35. The second-order valence-corrected chi connectivity index (χ2v) is 4.70. The maximum atomic E-state index is 11.6. The van der Waals surface area contributed by atoms with E-state index in [0.717, 1.165) is 0 Å². The third kappa shape index (κ3) is 2.64. The van der Waals surface area contributed by atoms with Gasteiger partial charge in [0, 0.05) is 0 Å². The minimum atomic E-state index is -0.860. The van der Waals surface area contributed by atoms with Crippen molar-refractivity contribution in [3.63, 3.8) is 0 Å². The van der Waals surface area contributed by atoms with Gasteiger partial charge >= 0.3 is 6.03 Å². The number of carbonyl (C=O) groups excluding carboxylic acids is 3. The predicted molar refractivity (Wildman–Crippen MR) is 72.0 cm³/mol. The van der Waals surface area contributed by atoms with Crippen molar-refractivity contribution in [3.05, 3.63) is 27.7 Å². The molecule has 0 aromatic heterocycles. The van der Waals surface area contributed by atoms with Crippen LogP contribution in [0, 0.1) is 0 Å². The molecule has 8 heteroatoms. The number of phenols is 1. The summed E-state index contributed by atoms with van der Waals surface area (Å²) in [6.07, 6.45) is 1.28. The lowest BCUT2D eigenvalue weighted by Crippen LogP contribution is -2.51. The molecule has 0 spiro atoms. The van der Waals surface area contributed by atoms with Crippen molar-refractivity contribution in [1.29, 1.82) is 0 Å². The Morgan fingerprint density at radius 2 is 1.80 bits per heavy atom. The second kappa shape index (κ2) is 5.33. The lowest BCUT2D eigenvalue weighted by Gasteiger charge is -2.14. The third-order valence-electron chi connectivity index (χ3n) is 2.53. The van der Waals surface area contributed by atoms with E-state index in [1.165, 1.54) is 25.3 Å². The summed E-state index contributed by atoms with van der Waals surface area (Å²) in [6.45, 7) is 0. The SMILES string of the molecule is COc1cc(C=C2C(=O)NC(=O)NC2=O)cc(Br)c1O. The number of aromatic hydroxyl groups is 1. The van der Waals surface area contributed by atoms with Crippen LogP contribution in [0.1, 0.15) is 5.56 Å². The van der Waals surface area contributed by atoms with Gasteiger partial charge < -0.3 is 9.84 Å². The van der Waals surface area contributed by atoms with Crippen LogP contribution in [0.2, 0.25) is 0 Å². The summed E-state index contributed by atoms with van der Waals surface area (Å²) < 4.78 is 5.31. The summed E-state index contributed by atoms with van der Waals surface area (Å²) in [5, 5.41) is 13.6. The molecule has 0 radical (unpaired) electrons. The van der Waals surface area contributed by atoms with Gasteiger partial charge in [0.05, 0.1) is 11.6 Å². The fraction of sp³-hybridized carbons (Fsp3) is 0.0833. The Labute approximate surface area is 121 Å². The smallest absolute Gasteiger partial charge is 0.328 e. The van der Waals surface area contributed by atoms with Crippen LogP contribution in [-0.4, -0.2) is 30.1 Å². The monoisotopic (exact) mass is 340 g/mol. The van der Waals surface area contributed by atoms with Crippen LogP contribution in [-0.2, 0) is 9.59 Å². The van der Waals surface area contributed by atoms with Crippen LogP contribution in [0.3, 0.4) is 0 Å². The Bertz CT molecular complexity index is 631. The Morgan fingerprint density at radius 1 is 1.20 bits per heavy atom. The van der Waals surface area contributed by atoms with Crippen molar-refractivity contribution in [2.75, 3.05) is 7.11 Å². The number of urea groups is 1. The van der Waals surface area contributed by atoms with Crippen molar-refractivity contribution in [2.45, 2.75) is 0 Å². The predicted octanol–water partition coefficient (Wildman–Crippen LogP) is 0.913. The van der Waals surface area contributed by atoms with E-state index in [0.29, 0.717) is 10.0 Å². The number of phenolic OH excluding ortho intramolecular Hbond substituents is 1. The zero-order valence-electron chi connectivity index (χ0n) is 10.2. The second-order valence-electron chi connectivity index (χ2n) is 3.85. The topological polar surface area (TPSA) is 105 Å². The number of halogens is 1. The molecular weight excluding hydrogens is 332 g/mol. The zero-order chi connectivity index (χ0) is 14.9. The Hall–Kier alpha value is -2.35. The molecule has 1 aromatic rings. The first kappa shape index (κ1) is 14.1. The molecule has 0 aliphatic carbocycles. The highest BCUT2D eigenvalue weighted by Gasteiger charge is 2.27. The van der Waals surface area contributed by atoms with Gasteiger partial charge in [0.2, 0.25) is 0 Å². The maximum Gasteiger partial charge on any atom is 0.328 e. The van der Waals surface area contributed by atoms with E-state index in [-0.39, 0.29) is 17.1 Å². The van der Waals surface area contributed by atoms with Gasteiger partial charge in [-0.2, -0.15) is 0 Å². The third-order valence-corrected chi connectivity index (χ3v) is 3.13. The minimum Gasteiger partial charge on any atom is -0.503 e. The van der Waals surface area contributed by atoms with Crippen LogP contribution >= 0.6 is 15.9 Å². The average Bonchev–Trinajstić information content (AvgIpc) is 2.37. The van der Waals surface area contributed by atoms with Crippen LogP contribution in [0.15, 0.2) is 22.2 Å². The van der Waals surface area contributed by atoms with E-state index in [1.54, 1.807) is 0 Å². The van der Waals surface area contributed by atoms with E-state index < -0.39 is 17.8 Å². The van der Waals surface area contributed by atoms with E-state index in [4.69, 9.17) is 4.74 Å². The van der Waals surface area contributed by atoms with Crippen molar-refractivity contribution >= 4 is 39.9 Å². The molecule has 20 heavy (non-hydrogen) atoms. The molecule has 3 N–H and O–H groups in total. The summed E-state index contributed by atoms with van der Waals surface area (Å²) in [7, 11) is 1.37. The molecule has 0 saturated carbocycles. The number of rotatable bonds is 2. The largest absolute Gasteiger partial charge is 0.503 e. The molecule has 7 nitrogen and oxygen atoms in total. The van der Waals surface area contributed by atoms with Crippen molar-refractivity contribution in [3.8, 4) is 11.5 Å². The summed E-state index contributed by atoms with van der Waals surface area (Å²) >= 11 is 3.13. The van der Waals surface area contributed by atoms with Gasteiger partial charge in [-0.05, 0) is 39.7 Å². The van der Waals surface area contributed by atoms with E-state index in [2.05, 4.69) is 15.9 Å². The van der Waals surface area contributed by atoms with Gasteiger partial charge in [-0.1, -0.05) is 0 Å². The van der Waals surface area contributed by atoms with E-state index in [9.17, 15) is 19.5 Å². The van der Waals surface area contributed by atoms with Crippen LogP contribution in [0.4, 0.5) is 4.79 Å². The Morgan fingerprint density at radius 3 is 2.35 bits per heavy atom. The molecule has 4 amide bonds. The standard InChI is InChI=1S/C12H9BrN2O5/c1-20-8-4-5(3-7(13)9(8)16)2-6-10(17)14-12(19)15-11(6)18/h2-4,16H,1H3,(H2,14,15,17,18,19). The molecule has 0 bridgehead atoms. The quantitative estimate of drug-likeness (QED) is 0.548. The first-order valence-electron chi connectivity index (χ1n) is 5.37. The Balaban J connectivity index is 2.45. The van der Waals surface area contributed by atoms with Gasteiger partial charge in [0.15, 0.2) is 11.5 Å². The molecule has 1 saturated heterocycles. The normalized spacial score (nSPS) is 14.7. The molecule has 1 heterocycles. The number of benzene rings is 1. The van der Waals surface area contributed by atoms with Gasteiger partial charge in [-0.15, -0.1) is 0 Å². The molecule has 0 atom stereocenters. The Kier molecular flexibility index (Phi) is 3.75. The van der Waals surface area contributed by atoms with Gasteiger partial charge in [0.25, 0.3) is 11.8 Å². The molecule has 1 fully saturated rings. The highest BCUT2D eigenvalue weighted by atomic mass is 79.9. The van der Waals surface area contributed by atoms with Crippen LogP contribution in [0.25, 0.3) is 6.08 Å². The molecule has 104 valence electrons. The van der Waals surface area contributed by atoms with Gasteiger partial charge in [0.1, 0.15) is 5.57 Å². The van der Waals surface area contributed by atoms with Gasteiger partial charge in [-0.3, -0.25) is 20.2 Å². The number of hydrogen-bond donors (Lipinski definition) is 3. The van der Waals surface area contributed by atoms with E-state index in [1.807, 2.05) is 10.6 Å². The molecule has 0 unspecified atom stereocenters. The molecule has 1 aromatic carbocycles. The fourth-order valence-electron chi connectivity index (χ4n) is 1.61. The fourth-order valence-corrected chi connectivity index (χ4v) is 2.07. The molecule has 2 rings (SSSR count). The first-order valence-corrected chi connectivity index (χ1v) is 6.16. The number of hydrogen-bond acceptors (Lipinski definition) is 5. The number of imide groups is 2. The van der Waals surface area contributed by atoms with Gasteiger partial charge in [-0.25, -0.2) is 4.79 Å². The molecular formula is C12H9BrN2O5.